The molecule has 0 saturated carbocycles. The first-order valence-corrected chi connectivity index (χ1v) is 6.21. The largest absolute Gasteiger partial charge is 0.483 e. The first-order valence-electron chi connectivity index (χ1n) is 6.21. The van der Waals surface area contributed by atoms with Crippen molar-refractivity contribution >= 4 is 5.91 Å². The summed E-state index contributed by atoms with van der Waals surface area (Å²) in [5.74, 6) is 0.461. The van der Waals surface area contributed by atoms with Crippen LogP contribution in [0.2, 0.25) is 0 Å². The van der Waals surface area contributed by atoms with Gasteiger partial charge in [0, 0.05) is 25.8 Å². The standard InChI is InChI=1S/C14H22N2O3/c1-14(2,18-3)10-16-13(17)9-19-12-7-5-4-6-11(12)8-15/h4-7H,8-10,15H2,1-3H3,(H,16,17). The quantitative estimate of drug-likeness (QED) is 0.774. The molecule has 0 aromatic heterocycles. The van der Waals surface area contributed by atoms with Crippen LogP contribution in [-0.2, 0) is 16.1 Å². The van der Waals surface area contributed by atoms with E-state index in [2.05, 4.69) is 5.32 Å². The van der Waals surface area contributed by atoms with Gasteiger partial charge in [-0.3, -0.25) is 4.79 Å². The van der Waals surface area contributed by atoms with Gasteiger partial charge in [0.2, 0.25) is 0 Å². The van der Waals surface area contributed by atoms with E-state index in [4.69, 9.17) is 15.2 Å². The Labute approximate surface area is 114 Å². The second kappa shape index (κ2) is 7.11. The first kappa shape index (κ1) is 15.5. The maximum absolute atomic E-state index is 11.7. The van der Waals surface area contributed by atoms with Gasteiger partial charge in [-0.1, -0.05) is 18.2 Å². The highest BCUT2D eigenvalue weighted by Gasteiger charge is 2.17. The topological polar surface area (TPSA) is 73.6 Å². The zero-order valence-corrected chi connectivity index (χ0v) is 11.7. The van der Waals surface area contributed by atoms with Crippen molar-refractivity contribution in [2.24, 2.45) is 5.73 Å². The van der Waals surface area contributed by atoms with Crippen molar-refractivity contribution in [3.05, 3.63) is 29.8 Å². The number of hydrogen-bond donors (Lipinski definition) is 2. The third-order valence-corrected chi connectivity index (χ3v) is 2.82. The van der Waals surface area contributed by atoms with Crippen molar-refractivity contribution in [1.82, 2.24) is 5.32 Å². The second-order valence-electron chi connectivity index (χ2n) is 4.84. The lowest BCUT2D eigenvalue weighted by Crippen LogP contribution is -2.41. The van der Waals surface area contributed by atoms with E-state index in [0.29, 0.717) is 18.8 Å². The average molecular weight is 266 g/mol. The van der Waals surface area contributed by atoms with Gasteiger partial charge in [-0.15, -0.1) is 0 Å². The van der Waals surface area contributed by atoms with E-state index < -0.39 is 0 Å². The summed E-state index contributed by atoms with van der Waals surface area (Å²) in [6.45, 7) is 4.59. The monoisotopic (exact) mass is 266 g/mol. The van der Waals surface area contributed by atoms with Crippen LogP contribution in [0.3, 0.4) is 0 Å². The van der Waals surface area contributed by atoms with E-state index in [-0.39, 0.29) is 18.1 Å². The summed E-state index contributed by atoms with van der Waals surface area (Å²) in [6, 6.07) is 7.41. The third kappa shape index (κ3) is 5.28. The Bertz CT molecular complexity index is 419. The lowest BCUT2D eigenvalue weighted by Gasteiger charge is -2.23. The van der Waals surface area contributed by atoms with Gasteiger partial charge in [0.05, 0.1) is 5.60 Å². The van der Waals surface area contributed by atoms with Gasteiger partial charge < -0.3 is 20.5 Å². The van der Waals surface area contributed by atoms with Crippen LogP contribution in [-0.4, -0.2) is 31.8 Å². The summed E-state index contributed by atoms with van der Waals surface area (Å²) in [5.41, 5.74) is 6.09. The van der Waals surface area contributed by atoms with Crippen LogP contribution in [0.1, 0.15) is 19.4 Å². The van der Waals surface area contributed by atoms with Crippen LogP contribution in [0.25, 0.3) is 0 Å². The predicted molar refractivity (Wildman–Crippen MR) is 73.9 cm³/mol. The van der Waals surface area contributed by atoms with Gasteiger partial charge in [-0.2, -0.15) is 0 Å². The Balaban J connectivity index is 2.42. The molecule has 0 unspecified atom stereocenters. The molecule has 106 valence electrons. The summed E-state index contributed by atoms with van der Waals surface area (Å²) >= 11 is 0. The minimum atomic E-state index is -0.384. The molecule has 5 nitrogen and oxygen atoms in total. The van der Waals surface area contributed by atoms with Crippen LogP contribution >= 0.6 is 0 Å². The summed E-state index contributed by atoms with van der Waals surface area (Å²) in [6.07, 6.45) is 0. The Morgan fingerprint density at radius 2 is 2.05 bits per heavy atom. The molecule has 1 rings (SSSR count). The molecule has 0 atom stereocenters. The average Bonchev–Trinajstić information content (AvgIpc) is 2.43. The minimum Gasteiger partial charge on any atom is -0.483 e. The number of nitrogens with one attached hydrogen (secondary N) is 1. The Morgan fingerprint density at radius 1 is 1.37 bits per heavy atom. The molecular weight excluding hydrogens is 244 g/mol. The van der Waals surface area contributed by atoms with E-state index in [0.717, 1.165) is 5.56 Å². The normalized spacial score (nSPS) is 11.2. The van der Waals surface area contributed by atoms with Gasteiger partial charge in [0.15, 0.2) is 6.61 Å². The smallest absolute Gasteiger partial charge is 0.258 e. The molecule has 0 radical (unpaired) electrons. The lowest BCUT2D eigenvalue weighted by atomic mass is 10.1. The molecule has 0 spiro atoms. The van der Waals surface area contributed by atoms with Crippen molar-refractivity contribution < 1.29 is 14.3 Å². The Hall–Kier alpha value is -1.59. The number of hydrogen-bond acceptors (Lipinski definition) is 4. The summed E-state index contributed by atoms with van der Waals surface area (Å²) < 4.78 is 10.7. The van der Waals surface area contributed by atoms with Crippen LogP contribution in [0, 0.1) is 0 Å². The van der Waals surface area contributed by atoms with Gasteiger partial charge in [-0.25, -0.2) is 0 Å². The molecule has 5 heteroatoms. The number of para-hydroxylation sites is 1. The molecule has 3 N–H and O–H groups in total. The Morgan fingerprint density at radius 3 is 2.68 bits per heavy atom. The van der Waals surface area contributed by atoms with Crippen molar-refractivity contribution in [2.75, 3.05) is 20.3 Å². The van der Waals surface area contributed by atoms with Gasteiger partial charge >= 0.3 is 0 Å². The maximum Gasteiger partial charge on any atom is 0.258 e. The molecule has 0 aliphatic carbocycles. The predicted octanol–water partition coefficient (Wildman–Crippen LogP) is 1.07. The number of carbonyl (C=O) groups is 1. The fraction of sp³-hybridized carbons (Fsp3) is 0.500. The highest BCUT2D eigenvalue weighted by molar-refractivity contribution is 5.77. The van der Waals surface area contributed by atoms with Gasteiger partial charge in [-0.05, 0) is 19.9 Å². The van der Waals surface area contributed by atoms with Crippen molar-refractivity contribution in [1.29, 1.82) is 0 Å². The molecule has 0 aliphatic heterocycles. The number of benzene rings is 1. The number of methoxy groups -OCH3 is 1. The number of ether oxygens (including phenoxy) is 2. The highest BCUT2D eigenvalue weighted by atomic mass is 16.5. The zero-order chi connectivity index (χ0) is 14.3. The molecule has 0 fully saturated rings. The number of nitrogens with two attached hydrogens (primary N) is 1. The fourth-order valence-electron chi connectivity index (χ4n) is 1.39. The van der Waals surface area contributed by atoms with E-state index in [1.54, 1.807) is 13.2 Å². The second-order valence-corrected chi connectivity index (χ2v) is 4.84. The van der Waals surface area contributed by atoms with Gasteiger partial charge in [0.25, 0.3) is 5.91 Å². The van der Waals surface area contributed by atoms with Crippen LogP contribution in [0.15, 0.2) is 24.3 Å². The Kier molecular flexibility index (Phi) is 5.79. The maximum atomic E-state index is 11.7. The number of rotatable bonds is 7. The van der Waals surface area contributed by atoms with Crippen molar-refractivity contribution in [2.45, 2.75) is 26.0 Å². The van der Waals surface area contributed by atoms with Crippen LogP contribution < -0.4 is 15.8 Å². The summed E-state index contributed by atoms with van der Waals surface area (Å²) in [5, 5.41) is 2.76. The number of amides is 1. The van der Waals surface area contributed by atoms with Crippen LogP contribution in [0.4, 0.5) is 0 Å². The van der Waals surface area contributed by atoms with E-state index in [1.807, 2.05) is 32.0 Å². The molecule has 1 aromatic rings. The molecule has 0 saturated heterocycles. The fourth-order valence-corrected chi connectivity index (χ4v) is 1.39. The van der Waals surface area contributed by atoms with Gasteiger partial charge in [0.1, 0.15) is 5.75 Å². The third-order valence-electron chi connectivity index (χ3n) is 2.82. The highest BCUT2D eigenvalue weighted by Crippen LogP contribution is 2.16. The van der Waals surface area contributed by atoms with Crippen LogP contribution in [0.5, 0.6) is 5.75 Å². The number of carbonyl (C=O) groups excluding carboxylic acids is 1. The molecule has 0 bridgehead atoms. The summed E-state index contributed by atoms with van der Waals surface area (Å²) in [4.78, 5) is 11.7. The lowest BCUT2D eigenvalue weighted by molar-refractivity contribution is -0.124. The zero-order valence-electron chi connectivity index (χ0n) is 11.7. The van der Waals surface area contributed by atoms with Crippen molar-refractivity contribution in [3.63, 3.8) is 0 Å². The molecular formula is C14H22N2O3. The molecule has 1 amide bonds. The molecule has 1 aromatic carbocycles. The molecule has 0 aliphatic rings. The summed E-state index contributed by atoms with van der Waals surface area (Å²) in [7, 11) is 1.61. The SMILES string of the molecule is COC(C)(C)CNC(=O)COc1ccccc1CN. The van der Waals surface area contributed by atoms with Crippen molar-refractivity contribution in [3.8, 4) is 5.75 Å². The molecule has 19 heavy (non-hydrogen) atoms. The minimum absolute atomic E-state index is 0.0309. The first-order chi connectivity index (χ1) is 8.98. The molecule has 0 heterocycles. The van der Waals surface area contributed by atoms with E-state index >= 15 is 0 Å². The van der Waals surface area contributed by atoms with E-state index in [9.17, 15) is 4.79 Å². The van der Waals surface area contributed by atoms with E-state index in [1.165, 1.54) is 0 Å².